The van der Waals surface area contributed by atoms with Crippen LogP contribution in [0, 0.1) is 0 Å². The molecule has 0 unspecified atom stereocenters. The number of aliphatic hydroxyl groups is 1. The minimum Gasteiger partial charge on any atom is -0.510 e. The van der Waals surface area contributed by atoms with Gasteiger partial charge in [0.25, 0.3) is 0 Å². The monoisotopic (exact) mass is 198 g/mol. The first-order valence-corrected chi connectivity index (χ1v) is 5.14. The Morgan fingerprint density at radius 1 is 1.62 bits per heavy atom. The zero-order chi connectivity index (χ0) is 10.1. The van der Waals surface area contributed by atoms with E-state index >= 15 is 0 Å². The fourth-order valence-electron chi connectivity index (χ4n) is 1.24. The van der Waals surface area contributed by atoms with Gasteiger partial charge >= 0.3 is 0 Å². The van der Waals surface area contributed by atoms with Crippen LogP contribution in [0.3, 0.4) is 0 Å². The second kappa shape index (κ2) is 3.58. The van der Waals surface area contributed by atoms with Crippen molar-refractivity contribution in [1.29, 1.82) is 0 Å². The van der Waals surface area contributed by atoms with Crippen molar-refractivity contribution in [3.05, 3.63) is 23.5 Å². The maximum atomic E-state index is 11.3. The lowest BCUT2D eigenvalue weighted by atomic mass is 10.0. The van der Waals surface area contributed by atoms with Crippen LogP contribution in [0.2, 0.25) is 0 Å². The van der Waals surface area contributed by atoms with Crippen molar-refractivity contribution in [2.24, 2.45) is 0 Å². The van der Waals surface area contributed by atoms with Crippen molar-refractivity contribution in [2.45, 2.75) is 31.9 Å². The van der Waals surface area contributed by atoms with E-state index in [-0.39, 0.29) is 10.9 Å². The number of hydrogen-bond donors (Lipinski definition) is 1. The van der Waals surface area contributed by atoms with Gasteiger partial charge in [-0.05, 0) is 20.3 Å². The molecular weight excluding hydrogens is 184 g/mol. The van der Waals surface area contributed by atoms with Crippen LogP contribution in [-0.4, -0.2) is 15.0 Å². The van der Waals surface area contributed by atoms with E-state index in [0.717, 1.165) is 6.42 Å². The van der Waals surface area contributed by atoms with Gasteiger partial charge in [-0.1, -0.05) is 30.8 Å². The third-order valence-electron chi connectivity index (χ3n) is 2.11. The molecule has 0 fully saturated rings. The minimum absolute atomic E-state index is 0.0271. The van der Waals surface area contributed by atoms with Crippen molar-refractivity contribution in [3.63, 3.8) is 0 Å². The molecule has 1 aliphatic rings. The summed E-state index contributed by atoms with van der Waals surface area (Å²) in [6.07, 6.45) is 4.77. The zero-order valence-electron chi connectivity index (χ0n) is 8.13. The molecule has 0 bridgehead atoms. The molecule has 0 saturated carbocycles. The Morgan fingerprint density at radius 2 is 2.23 bits per heavy atom. The number of aliphatic hydroxyl groups excluding tert-OH is 1. The highest BCUT2D eigenvalue weighted by atomic mass is 32.2. The average molecular weight is 198 g/mol. The summed E-state index contributed by atoms with van der Waals surface area (Å²) >= 11 is 1.17. The van der Waals surface area contributed by atoms with Crippen LogP contribution in [0.25, 0.3) is 0 Å². The summed E-state index contributed by atoms with van der Waals surface area (Å²) in [5.74, 6) is 0.201. The molecule has 0 saturated heterocycles. The van der Waals surface area contributed by atoms with Gasteiger partial charge in [-0.15, -0.1) is 0 Å². The molecular formula is C10H14O2S. The molecule has 13 heavy (non-hydrogen) atoms. The van der Waals surface area contributed by atoms with Crippen molar-refractivity contribution in [1.82, 2.24) is 0 Å². The average Bonchev–Trinajstić information content (AvgIpc) is 2.28. The quantitative estimate of drug-likeness (QED) is 0.693. The molecule has 0 aromatic rings. The van der Waals surface area contributed by atoms with Gasteiger partial charge in [0.1, 0.15) is 5.76 Å². The number of rotatable bonds is 2. The van der Waals surface area contributed by atoms with Crippen LogP contribution < -0.4 is 0 Å². The predicted molar refractivity (Wildman–Crippen MR) is 55.8 cm³/mol. The number of hydrogen-bond acceptors (Lipinski definition) is 3. The van der Waals surface area contributed by atoms with Crippen LogP contribution in [0.1, 0.15) is 27.2 Å². The van der Waals surface area contributed by atoms with Crippen molar-refractivity contribution in [3.8, 4) is 0 Å². The summed E-state index contributed by atoms with van der Waals surface area (Å²) in [5, 5.41) is 9.67. The lowest BCUT2D eigenvalue weighted by Gasteiger charge is -2.17. The van der Waals surface area contributed by atoms with Gasteiger partial charge in [-0.25, -0.2) is 0 Å². The SMILES string of the molecule is CCC=C[C@]1(C)SC(=O)C(C)=C1O. The molecule has 0 amide bonds. The van der Waals surface area contributed by atoms with E-state index in [2.05, 4.69) is 0 Å². The van der Waals surface area contributed by atoms with Crippen molar-refractivity contribution >= 4 is 16.9 Å². The van der Waals surface area contributed by atoms with Crippen molar-refractivity contribution in [2.75, 3.05) is 0 Å². The Hall–Kier alpha value is -0.700. The first-order chi connectivity index (χ1) is 6.01. The van der Waals surface area contributed by atoms with Crippen molar-refractivity contribution < 1.29 is 9.90 Å². The van der Waals surface area contributed by atoms with E-state index < -0.39 is 4.75 Å². The predicted octanol–water partition coefficient (Wildman–Crippen LogP) is 2.82. The van der Waals surface area contributed by atoms with Crippen LogP contribution in [0.4, 0.5) is 0 Å². The largest absolute Gasteiger partial charge is 0.510 e. The summed E-state index contributed by atoms with van der Waals surface area (Å²) in [7, 11) is 0. The van der Waals surface area contributed by atoms with Gasteiger partial charge in [0, 0.05) is 5.57 Å². The van der Waals surface area contributed by atoms with Gasteiger partial charge in [0.2, 0.25) is 5.12 Å². The summed E-state index contributed by atoms with van der Waals surface area (Å²) in [6.45, 7) is 5.54. The molecule has 0 aromatic heterocycles. The normalized spacial score (nSPS) is 29.3. The molecule has 0 spiro atoms. The molecule has 0 radical (unpaired) electrons. The highest BCUT2D eigenvalue weighted by Crippen LogP contribution is 2.43. The van der Waals surface area contributed by atoms with Gasteiger partial charge in [-0.3, -0.25) is 4.79 Å². The first-order valence-electron chi connectivity index (χ1n) is 4.32. The van der Waals surface area contributed by atoms with E-state index in [1.54, 1.807) is 6.92 Å². The summed E-state index contributed by atoms with van der Waals surface area (Å²) < 4.78 is -0.531. The number of carbonyl (C=O) groups excluding carboxylic acids is 1. The number of carbonyl (C=O) groups is 1. The molecule has 1 aliphatic heterocycles. The van der Waals surface area contributed by atoms with Gasteiger partial charge in [0.05, 0.1) is 4.75 Å². The molecule has 72 valence electrons. The molecule has 3 heteroatoms. The third-order valence-corrected chi connectivity index (χ3v) is 3.35. The van der Waals surface area contributed by atoms with E-state index in [1.807, 2.05) is 26.0 Å². The van der Waals surface area contributed by atoms with Crippen LogP contribution in [0.5, 0.6) is 0 Å². The second-order valence-electron chi connectivity index (χ2n) is 3.28. The van der Waals surface area contributed by atoms with Gasteiger partial charge in [-0.2, -0.15) is 0 Å². The smallest absolute Gasteiger partial charge is 0.219 e. The number of thioether (sulfide) groups is 1. The molecule has 0 aromatic carbocycles. The summed E-state index contributed by atoms with van der Waals surface area (Å²) in [4.78, 5) is 11.3. The molecule has 2 nitrogen and oxygen atoms in total. The maximum absolute atomic E-state index is 11.3. The molecule has 0 aliphatic carbocycles. The highest BCUT2D eigenvalue weighted by Gasteiger charge is 2.39. The molecule has 1 rings (SSSR count). The fourth-order valence-corrected chi connectivity index (χ4v) is 2.29. The molecule has 1 N–H and O–H groups in total. The van der Waals surface area contributed by atoms with E-state index in [4.69, 9.17) is 0 Å². The summed E-state index contributed by atoms with van der Waals surface area (Å²) in [5.41, 5.74) is 0.480. The Kier molecular flexibility index (Phi) is 2.86. The molecule has 1 atom stereocenters. The fraction of sp³-hybridized carbons (Fsp3) is 0.500. The van der Waals surface area contributed by atoms with Crippen LogP contribution in [0.15, 0.2) is 23.5 Å². The third kappa shape index (κ3) is 1.80. The Labute approximate surface area is 82.7 Å². The molecule has 1 heterocycles. The van der Waals surface area contributed by atoms with E-state index in [0.29, 0.717) is 5.57 Å². The lowest BCUT2D eigenvalue weighted by molar-refractivity contribution is -0.107. The lowest BCUT2D eigenvalue weighted by Crippen LogP contribution is -2.16. The standard InChI is InChI=1S/C10H14O2S/c1-4-5-6-10(3)8(11)7(2)9(12)13-10/h5-6,11H,4H2,1-3H3/t10-/m0/s1. The zero-order valence-corrected chi connectivity index (χ0v) is 8.94. The summed E-state index contributed by atoms with van der Waals surface area (Å²) in [6, 6.07) is 0. The van der Waals surface area contributed by atoms with Gasteiger partial charge in [0.15, 0.2) is 0 Å². The second-order valence-corrected chi connectivity index (χ2v) is 4.70. The minimum atomic E-state index is -0.531. The Balaban J connectivity index is 2.96. The Bertz CT molecular complexity index is 291. The van der Waals surface area contributed by atoms with Crippen LogP contribution >= 0.6 is 11.8 Å². The number of allylic oxidation sites excluding steroid dienone is 1. The van der Waals surface area contributed by atoms with Gasteiger partial charge < -0.3 is 5.11 Å². The highest BCUT2D eigenvalue weighted by molar-refractivity contribution is 8.16. The maximum Gasteiger partial charge on any atom is 0.219 e. The Morgan fingerprint density at radius 3 is 2.62 bits per heavy atom. The van der Waals surface area contributed by atoms with Crippen LogP contribution in [-0.2, 0) is 4.79 Å². The van der Waals surface area contributed by atoms with E-state index in [1.165, 1.54) is 11.8 Å². The van der Waals surface area contributed by atoms with E-state index in [9.17, 15) is 9.90 Å². The first kappa shape index (κ1) is 10.4. The topological polar surface area (TPSA) is 37.3 Å².